The topological polar surface area (TPSA) is 49.3 Å². The van der Waals surface area contributed by atoms with Gasteiger partial charge in [-0.05, 0) is 36.4 Å². The van der Waals surface area contributed by atoms with E-state index in [2.05, 4.69) is 21.2 Å². The minimum Gasteiger partial charge on any atom is -0.508 e. The Morgan fingerprint density at radius 2 is 2.00 bits per heavy atom. The van der Waals surface area contributed by atoms with Gasteiger partial charge in [0.25, 0.3) is 5.91 Å². The molecule has 92 valence electrons. The summed E-state index contributed by atoms with van der Waals surface area (Å²) in [6.45, 7) is 0. The van der Waals surface area contributed by atoms with Crippen molar-refractivity contribution in [3.63, 3.8) is 0 Å². The third kappa shape index (κ3) is 3.03. The van der Waals surface area contributed by atoms with Gasteiger partial charge in [0.05, 0.1) is 10.7 Å². The largest absolute Gasteiger partial charge is 0.508 e. The van der Waals surface area contributed by atoms with Crippen molar-refractivity contribution in [2.75, 3.05) is 5.32 Å². The summed E-state index contributed by atoms with van der Waals surface area (Å²) in [5.74, 6) is -0.283. The van der Waals surface area contributed by atoms with Gasteiger partial charge in [-0.1, -0.05) is 33.6 Å². The van der Waals surface area contributed by atoms with Gasteiger partial charge in [-0.25, -0.2) is 0 Å². The fraction of sp³-hybridized carbons (Fsp3) is 0. The van der Waals surface area contributed by atoms with Crippen LogP contribution in [0.1, 0.15) is 10.4 Å². The molecule has 2 aromatic carbocycles. The number of carbonyl (C=O) groups excluding carboxylic acids is 1. The predicted molar refractivity (Wildman–Crippen MR) is 75.2 cm³/mol. The number of phenolic OH excluding ortho intramolecular Hbond substituents is 1. The molecular weight excluding hydrogens is 318 g/mol. The van der Waals surface area contributed by atoms with Crippen molar-refractivity contribution in [1.29, 1.82) is 0 Å². The Balaban J connectivity index is 2.24. The molecule has 3 nitrogen and oxygen atoms in total. The van der Waals surface area contributed by atoms with E-state index in [9.17, 15) is 9.90 Å². The Morgan fingerprint density at radius 1 is 1.22 bits per heavy atom. The van der Waals surface area contributed by atoms with Crippen LogP contribution in [0.15, 0.2) is 46.9 Å². The fourth-order valence-electron chi connectivity index (χ4n) is 1.43. The second-order valence-electron chi connectivity index (χ2n) is 3.63. The van der Waals surface area contributed by atoms with E-state index in [0.29, 0.717) is 16.3 Å². The number of carbonyl (C=O) groups is 1. The first-order chi connectivity index (χ1) is 8.56. The summed E-state index contributed by atoms with van der Waals surface area (Å²) in [6.07, 6.45) is 0. The number of amides is 1. The van der Waals surface area contributed by atoms with Crippen molar-refractivity contribution in [3.8, 4) is 5.75 Å². The summed E-state index contributed by atoms with van der Waals surface area (Å²) < 4.78 is 0.818. The molecule has 2 aromatic rings. The number of hydrogen-bond acceptors (Lipinski definition) is 2. The van der Waals surface area contributed by atoms with Crippen LogP contribution in [0.4, 0.5) is 5.69 Å². The molecule has 5 heteroatoms. The van der Waals surface area contributed by atoms with Gasteiger partial charge < -0.3 is 10.4 Å². The highest BCUT2D eigenvalue weighted by molar-refractivity contribution is 9.10. The molecule has 0 bridgehead atoms. The highest BCUT2D eigenvalue weighted by Crippen LogP contribution is 2.26. The van der Waals surface area contributed by atoms with Crippen molar-refractivity contribution >= 4 is 39.1 Å². The molecule has 0 saturated carbocycles. The Labute approximate surface area is 118 Å². The maximum absolute atomic E-state index is 11.9. The number of nitrogens with one attached hydrogen (secondary N) is 1. The van der Waals surface area contributed by atoms with Crippen molar-refractivity contribution in [2.45, 2.75) is 0 Å². The zero-order valence-electron chi connectivity index (χ0n) is 9.15. The van der Waals surface area contributed by atoms with E-state index in [1.165, 1.54) is 12.1 Å². The van der Waals surface area contributed by atoms with E-state index in [-0.39, 0.29) is 11.7 Å². The minimum absolute atomic E-state index is 0.0444. The van der Waals surface area contributed by atoms with Crippen LogP contribution in [0.25, 0.3) is 0 Å². The standard InChI is InChI=1S/C13H9BrClNO2/c14-9-4-5-11(15)12(7-9)16-13(18)8-2-1-3-10(17)6-8/h1-7,17H,(H,16,18). The first kappa shape index (κ1) is 12.9. The molecule has 1 amide bonds. The number of benzene rings is 2. The fourth-order valence-corrected chi connectivity index (χ4v) is 1.96. The van der Waals surface area contributed by atoms with E-state index in [0.717, 1.165) is 4.47 Å². The number of halogens is 2. The SMILES string of the molecule is O=C(Nc1cc(Br)ccc1Cl)c1cccc(O)c1. The number of phenols is 1. The molecule has 0 aromatic heterocycles. The van der Waals surface area contributed by atoms with E-state index < -0.39 is 0 Å². The quantitative estimate of drug-likeness (QED) is 0.874. The molecule has 2 rings (SSSR count). The molecule has 0 unspecified atom stereocenters. The van der Waals surface area contributed by atoms with Crippen molar-refractivity contribution in [2.24, 2.45) is 0 Å². The molecule has 2 N–H and O–H groups in total. The van der Waals surface area contributed by atoms with Gasteiger partial charge in [-0.3, -0.25) is 4.79 Å². The van der Waals surface area contributed by atoms with Crippen LogP contribution in [0.5, 0.6) is 5.75 Å². The highest BCUT2D eigenvalue weighted by atomic mass is 79.9. The highest BCUT2D eigenvalue weighted by Gasteiger charge is 2.09. The number of rotatable bonds is 2. The average molecular weight is 327 g/mol. The van der Waals surface area contributed by atoms with E-state index in [1.807, 2.05) is 0 Å². The Hall–Kier alpha value is -1.52. The van der Waals surface area contributed by atoms with Gasteiger partial charge in [-0.2, -0.15) is 0 Å². The van der Waals surface area contributed by atoms with Crippen LogP contribution in [0.2, 0.25) is 5.02 Å². The third-order valence-corrected chi connectivity index (χ3v) is 3.11. The summed E-state index contributed by atoms with van der Waals surface area (Å²) in [5, 5.41) is 12.4. The van der Waals surface area contributed by atoms with Crippen LogP contribution >= 0.6 is 27.5 Å². The lowest BCUT2D eigenvalue weighted by Crippen LogP contribution is -2.12. The van der Waals surface area contributed by atoms with Gasteiger partial charge in [0, 0.05) is 10.0 Å². The summed E-state index contributed by atoms with van der Waals surface area (Å²) in [7, 11) is 0. The molecule has 0 aliphatic heterocycles. The van der Waals surface area contributed by atoms with Gasteiger partial charge in [0.2, 0.25) is 0 Å². The monoisotopic (exact) mass is 325 g/mol. The lowest BCUT2D eigenvalue weighted by molar-refractivity contribution is 0.102. The van der Waals surface area contributed by atoms with Gasteiger partial charge >= 0.3 is 0 Å². The Morgan fingerprint density at radius 3 is 2.72 bits per heavy atom. The Bertz CT molecular complexity index is 601. The summed E-state index contributed by atoms with van der Waals surface area (Å²) in [6, 6.07) is 11.3. The van der Waals surface area contributed by atoms with Crippen molar-refractivity contribution in [3.05, 3.63) is 57.5 Å². The molecule has 0 fully saturated rings. The van der Waals surface area contributed by atoms with Crippen molar-refractivity contribution in [1.82, 2.24) is 0 Å². The zero-order valence-corrected chi connectivity index (χ0v) is 11.5. The molecule has 0 heterocycles. The predicted octanol–water partition coefficient (Wildman–Crippen LogP) is 4.06. The molecular formula is C13H9BrClNO2. The number of anilines is 1. The minimum atomic E-state index is -0.328. The van der Waals surface area contributed by atoms with Crippen molar-refractivity contribution < 1.29 is 9.90 Å². The zero-order chi connectivity index (χ0) is 13.1. The Kier molecular flexibility index (Phi) is 3.89. The van der Waals surface area contributed by atoms with Crippen LogP contribution in [-0.4, -0.2) is 11.0 Å². The van der Waals surface area contributed by atoms with Gasteiger partial charge in [0.1, 0.15) is 5.75 Å². The normalized spacial score (nSPS) is 10.1. The smallest absolute Gasteiger partial charge is 0.255 e. The first-order valence-corrected chi connectivity index (χ1v) is 6.29. The maximum atomic E-state index is 11.9. The van der Waals surface area contributed by atoms with E-state index in [4.69, 9.17) is 11.6 Å². The maximum Gasteiger partial charge on any atom is 0.255 e. The molecule has 0 aliphatic carbocycles. The molecule has 0 spiro atoms. The summed E-state index contributed by atoms with van der Waals surface area (Å²) in [5.41, 5.74) is 0.880. The van der Waals surface area contributed by atoms with Crippen LogP contribution in [0.3, 0.4) is 0 Å². The van der Waals surface area contributed by atoms with Crippen LogP contribution < -0.4 is 5.32 Å². The molecule has 18 heavy (non-hydrogen) atoms. The van der Waals surface area contributed by atoms with E-state index in [1.54, 1.807) is 30.3 Å². The lowest BCUT2D eigenvalue weighted by Gasteiger charge is -2.08. The lowest BCUT2D eigenvalue weighted by atomic mass is 10.2. The summed E-state index contributed by atoms with van der Waals surface area (Å²) in [4.78, 5) is 11.9. The van der Waals surface area contributed by atoms with Crippen LogP contribution in [0, 0.1) is 0 Å². The second-order valence-corrected chi connectivity index (χ2v) is 4.95. The van der Waals surface area contributed by atoms with Gasteiger partial charge in [0.15, 0.2) is 0 Å². The third-order valence-electron chi connectivity index (χ3n) is 2.28. The summed E-state index contributed by atoms with van der Waals surface area (Å²) >= 11 is 9.28. The number of aromatic hydroxyl groups is 1. The molecule has 0 aliphatic rings. The molecule has 0 radical (unpaired) electrons. The second kappa shape index (κ2) is 5.42. The molecule has 0 saturated heterocycles. The first-order valence-electron chi connectivity index (χ1n) is 5.12. The van der Waals surface area contributed by atoms with Gasteiger partial charge in [-0.15, -0.1) is 0 Å². The average Bonchev–Trinajstić information content (AvgIpc) is 2.34. The van der Waals surface area contributed by atoms with Crippen LogP contribution in [-0.2, 0) is 0 Å². The molecule has 0 atom stereocenters. The number of hydrogen-bond donors (Lipinski definition) is 2. The van der Waals surface area contributed by atoms with E-state index >= 15 is 0 Å².